The second-order valence-electron chi connectivity index (χ2n) is 4.29. The molecule has 2 aromatic rings. The lowest BCUT2D eigenvalue weighted by atomic mass is 9.89. The molecular formula is C14H14FNO. The molecule has 0 saturated carbocycles. The Kier molecular flexibility index (Phi) is 3.20. The number of pyridine rings is 1. The van der Waals surface area contributed by atoms with Crippen molar-refractivity contribution in [2.75, 3.05) is 0 Å². The van der Waals surface area contributed by atoms with Gasteiger partial charge in [-0.25, -0.2) is 4.39 Å². The Morgan fingerprint density at radius 1 is 1.24 bits per heavy atom. The molecule has 0 aliphatic heterocycles. The van der Waals surface area contributed by atoms with Crippen LogP contribution in [-0.2, 0) is 12.0 Å². The van der Waals surface area contributed by atoms with E-state index in [1.54, 1.807) is 6.92 Å². The van der Waals surface area contributed by atoms with Gasteiger partial charge in [-0.2, -0.15) is 0 Å². The molecule has 1 heterocycles. The number of hydrogen-bond acceptors (Lipinski definition) is 2. The molecule has 2 rings (SSSR count). The molecule has 0 bridgehead atoms. The van der Waals surface area contributed by atoms with Crippen LogP contribution in [0.5, 0.6) is 0 Å². The maximum Gasteiger partial charge on any atom is 0.147 e. The van der Waals surface area contributed by atoms with E-state index < -0.39 is 11.4 Å². The Hall–Kier alpha value is -1.74. The van der Waals surface area contributed by atoms with E-state index in [4.69, 9.17) is 0 Å². The fourth-order valence-electron chi connectivity index (χ4n) is 1.90. The van der Waals surface area contributed by atoms with Crippen molar-refractivity contribution in [2.45, 2.75) is 18.9 Å². The van der Waals surface area contributed by atoms with Crippen LogP contribution in [0.15, 0.2) is 48.8 Å². The molecule has 0 radical (unpaired) electrons. The third-order valence-electron chi connectivity index (χ3n) is 2.74. The normalized spacial score (nSPS) is 14.3. The van der Waals surface area contributed by atoms with Gasteiger partial charge in [0.2, 0.25) is 0 Å². The number of halogens is 1. The molecule has 0 aliphatic carbocycles. The van der Waals surface area contributed by atoms with Gasteiger partial charge >= 0.3 is 0 Å². The summed E-state index contributed by atoms with van der Waals surface area (Å²) in [4.78, 5) is 3.68. The van der Waals surface area contributed by atoms with E-state index in [9.17, 15) is 9.50 Å². The Balaban J connectivity index is 2.28. The fraction of sp³-hybridized carbons (Fsp3) is 0.214. The van der Waals surface area contributed by atoms with E-state index in [0.29, 0.717) is 6.42 Å². The maximum atomic E-state index is 13.6. The molecule has 88 valence electrons. The van der Waals surface area contributed by atoms with Crippen LogP contribution in [0, 0.1) is 5.82 Å². The van der Waals surface area contributed by atoms with Gasteiger partial charge in [0.25, 0.3) is 0 Å². The van der Waals surface area contributed by atoms with Gasteiger partial charge in [0.05, 0.1) is 11.8 Å². The number of rotatable bonds is 3. The first-order valence-corrected chi connectivity index (χ1v) is 5.46. The summed E-state index contributed by atoms with van der Waals surface area (Å²) in [5.74, 6) is -0.478. The third kappa shape index (κ3) is 2.68. The summed E-state index contributed by atoms with van der Waals surface area (Å²) in [5, 5.41) is 10.4. The first-order valence-electron chi connectivity index (χ1n) is 5.46. The number of benzene rings is 1. The Labute approximate surface area is 99.8 Å². The molecule has 17 heavy (non-hydrogen) atoms. The zero-order valence-corrected chi connectivity index (χ0v) is 9.60. The van der Waals surface area contributed by atoms with Crippen molar-refractivity contribution in [1.82, 2.24) is 4.98 Å². The van der Waals surface area contributed by atoms with Gasteiger partial charge in [0.1, 0.15) is 5.82 Å². The molecule has 1 N–H and O–H groups in total. The Morgan fingerprint density at radius 3 is 2.59 bits per heavy atom. The standard InChI is InChI=1S/C14H14FNO/c1-14(17,9-11-5-3-2-4-6-11)12-7-8-16-10-13(12)15/h2-8,10,17H,9H2,1H3. The van der Waals surface area contributed by atoms with Gasteiger partial charge in [-0.1, -0.05) is 30.3 Å². The van der Waals surface area contributed by atoms with Crippen LogP contribution >= 0.6 is 0 Å². The van der Waals surface area contributed by atoms with Crippen LogP contribution in [0.1, 0.15) is 18.1 Å². The first kappa shape index (κ1) is 11.7. The van der Waals surface area contributed by atoms with Crippen molar-refractivity contribution in [3.63, 3.8) is 0 Å². The average Bonchev–Trinajstić information content (AvgIpc) is 2.30. The molecule has 0 aliphatic rings. The topological polar surface area (TPSA) is 33.1 Å². The van der Waals surface area contributed by atoms with Crippen molar-refractivity contribution >= 4 is 0 Å². The summed E-state index contributed by atoms with van der Waals surface area (Å²) in [6.45, 7) is 1.61. The average molecular weight is 231 g/mol. The highest BCUT2D eigenvalue weighted by Gasteiger charge is 2.26. The number of hydrogen-bond donors (Lipinski definition) is 1. The molecule has 1 aromatic heterocycles. The van der Waals surface area contributed by atoms with Gasteiger partial charge < -0.3 is 5.11 Å². The molecular weight excluding hydrogens is 217 g/mol. The lowest BCUT2D eigenvalue weighted by molar-refractivity contribution is 0.0536. The lowest BCUT2D eigenvalue weighted by Gasteiger charge is -2.24. The Bertz CT molecular complexity index is 497. The van der Waals surface area contributed by atoms with Crippen molar-refractivity contribution in [3.05, 3.63) is 65.7 Å². The highest BCUT2D eigenvalue weighted by atomic mass is 19.1. The summed E-state index contributed by atoms with van der Waals surface area (Å²) in [6.07, 6.45) is 2.97. The van der Waals surface area contributed by atoms with Crippen LogP contribution in [0.4, 0.5) is 4.39 Å². The number of aromatic nitrogens is 1. The van der Waals surface area contributed by atoms with E-state index in [0.717, 1.165) is 11.8 Å². The molecule has 0 fully saturated rings. The largest absolute Gasteiger partial charge is 0.385 e. The van der Waals surface area contributed by atoms with E-state index in [-0.39, 0.29) is 5.56 Å². The first-order chi connectivity index (χ1) is 8.09. The Morgan fingerprint density at radius 2 is 1.94 bits per heavy atom. The van der Waals surface area contributed by atoms with E-state index >= 15 is 0 Å². The van der Waals surface area contributed by atoms with Crippen molar-refractivity contribution in [3.8, 4) is 0 Å². The quantitative estimate of drug-likeness (QED) is 0.881. The fourth-order valence-corrected chi connectivity index (χ4v) is 1.90. The van der Waals surface area contributed by atoms with Crippen molar-refractivity contribution in [1.29, 1.82) is 0 Å². The van der Waals surface area contributed by atoms with Gasteiger partial charge in [-0.3, -0.25) is 4.98 Å². The van der Waals surface area contributed by atoms with Gasteiger partial charge in [-0.05, 0) is 18.6 Å². The van der Waals surface area contributed by atoms with Gasteiger partial charge in [0.15, 0.2) is 0 Å². The molecule has 0 saturated heterocycles. The summed E-state index contributed by atoms with van der Waals surface area (Å²) >= 11 is 0. The highest BCUT2D eigenvalue weighted by molar-refractivity contribution is 5.25. The van der Waals surface area contributed by atoms with Crippen molar-refractivity contribution in [2.24, 2.45) is 0 Å². The second kappa shape index (κ2) is 4.63. The van der Waals surface area contributed by atoms with Gasteiger partial charge in [0, 0.05) is 18.2 Å². The highest BCUT2D eigenvalue weighted by Crippen LogP contribution is 2.26. The predicted molar refractivity (Wildman–Crippen MR) is 63.9 cm³/mol. The molecule has 2 nitrogen and oxygen atoms in total. The minimum Gasteiger partial charge on any atom is -0.385 e. The van der Waals surface area contributed by atoms with Crippen LogP contribution in [0.25, 0.3) is 0 Å². The lowest BCUT2D eigenvalue weighted by Crippen LogP contribution is -2.25. The summed E-state index contributed by atoms with van der Waals surface area (Å²) < 4.78 is 13.6. The maximum absolute atomic E-state index is 13.6. The number of nitrogens with zero attached hydrogens (tertiary/aromatic N) is 1. The summed E-state index contributed by atoms with van der Waals surface area (Å²) in [5.41, 5.74) is 0.0130. The minimum absolute atomic E-state index is 0.274. The minimum atomic E-state index is -1.23. The predicted octanol–water partition coefficient (Wildman–Crippen LogP) is 2.67. The van der Waals surface area contributed by atoms with E-state index in [2.05, 4.69) is 4.98 Å². The van der Waals surface area contributed by atoms with Gasteiger partial charge in [-0.15, -0.1) is 0 Å². The summed E-state index contributed by atoms with van der Waals surface area (Å²) in [6, 6.07) is 11.0. The molecule has 0 spiro atoms. The van der Waals surface area contributed by atoms with Crippen LogP contribution in [-0.4, -0.2) is 10.1 Å². The second-order valence-corrected chi connectivity index (χ2v) is 4.29. The monoisotopic (exact) mass is 231 g/mol. The molecule has 3 heteroatoms. The molecule has 1 aromatic carbocycles. The molecule has 1 atom stereocenters. The van der Waals surface area contributed by atoms with Crippen LogP contribution in [0.3, 0.4) is 0 Å². The number of aliphatic hydroxyl groups is 1. The zero-order chi connectivity index (χ0) is 12.3. The van der Waals surface area contributed by atoms with E-state index in [1.165, 1.54) is 12.3 Å². The van der Waals surface area contributed by atoms with Crippen molar-refractivity contribution < 1.29 is 9.50 Å². The van der Waals surface area contributed by atoms with Crippen LogP contribution < -0.4 is 0 Å². The third-order valence-corrected chi connectivity index (χ3v) is 2.74. The SMILES string of the molecule is CC(O)(Cc1ccccc1)c1ccncc1F. The summed E-state index contributed by atoms with van der Waals surface area (Å²) in [7, 11) is 0. The molecule has 1 unspecified atom stereocenters. The molecule has 0 amide bonds. The zero-order valence-electron chi connectivity index (χ0n) is 9.60. The smallest absolute Gasteiger partial charge is 0.147 e. The van der Waals surface area contributed by atoms with Crippen LogP contribution in [0.2, 0.25) is 0 Å². The van der Waals surface area contributed by atoms with E-state index in [1.807, 2.05) is 30.3 Å².